The minimum absolute atomic E-state index is 0.0813. The van der Waals surface area contributed by atoms with Gasteiger partial charge in [-0.2, -0.15) is 0 Å². The van der Waals surface area contributed by atoms with Gasteiger partial charge in [-0.25, -0.2) is 4.98 Å². The largest absolute Gasteiger partial charge is 0.459 e. The number of carbonyl (C=O) groups is 2. The van der Waals surface area contributed by atoms with E-state index < -0.39 is 11.6 Å². The van der Waals surface area contributed by atoms with Gasteiger partial charge < -0.3 is 19.5 Å². The predicted octanol–water partition coefficient (Wildman–Crippen LogP) is 1.06. The number of rotatable bonds is 6. The van der Waals surface area contributed by atoms with Gasteiger partial charge >= 0.3 is 5.97 Å². The van der Waals surface area contributed by atoms with Crippen LogP contribution >= 0.6 is 0 Å². The van der Waals surface area contributed by atoms with E-state index >= 15 is 0 Å². The minimum Gasteiger partial charge on any atom is -0.459 e. The quantitative estimate of drug-likeness (QED) is 0.795. The summed E-state index contributed by atoms with van der Waals surface area (Å²) < 4.78 is 5.29. The third-order valence-electron chi connectivity index (χ3n) is 2.78. The SMILES string of the molecule is Cc1ncc(C(=O)N(CCN(C)C)CC(=O)OC(C)(C)C)[nH]1. The van der Waals surface area contributed by atoms with E-state index in [1.54, 1.807) is 27.7 Å². The number of ether oxygens (including phenoxy) is 1. The molecule has 7 nitrogen and oxygen atoms in total. The van der Waals surface area contributed by atoms with Crippen molar-refractivity contribution in [2.45, 2.75) is 33.3 Å². The highest BCUT2D eigenvalue weighted by Crippen LogP contribution is 2.09. The number of imidazole rings is 1. The van der Waals surface area contributed by atoms with Crippen molar-refractivity contribution in [2.24, 2.45) is 0 Å². The molecule has 124 valence electrons. The fraction of sp³-hybridized carbons (Fsp3) is 0.667. The number of esters is 1. The van der Waals surface area contributed by atoms with E-state index in [-0.39, 0.29) is 12.5 Å². The molecule has 1 amide bonds. The molecule has 1 N–H and O–H groups in total. The summed E-state index contributed by atoms with van der Waals surface area (Å²) >= 11 is 0. The highest BCUT2D eigenvalue weighted by molar-refractivity contribution is 5.94. The van der Waals surface area contributed by atoms with Crippen LogP contribution in [0.3, 0.4) is 0 Å². The van der Waals surface area contributed by atoms with Gasteiger partial charge in [0, 0.05) is 13.1 Å². The Hall–Kier alpha value is -1.89. The predicted molar refractivity (Wildman–Crippen MR) is 83.6 cm³/mol. The third-order valence-corrected chi connectivity index (χ3v) is 2.78. The first-order chi connectivity index (χ1) is 10.1. The average molecular weight is 310 g/mol. The van der Waals surface area contributed by atoms with Crippen LogP contribution in [-0.2, 0) is 9.53 Å². The monoisotopic (exact) mass is 310 g/mol. The van der Waals surface area contributed by atoms with Crippen LogP contribution in [0.5, 0.6) is 0 Å². The van der Waals surface area contributed by atoms with Crippen molar-refractivity contribution in [2.75, 3.05) is 33.7 Å². The number of carbonyl (C=O) groups excluding carboxylic acids is 2. The number of aromatic nitrogens is 2. The van der Waals surface area contributed by atoms with Gasteiger partial charge in [0.1, 0.15) is 23.7 Å². The zero-order valence-corrected chi connectivity index (χ0v) is 14.3. The molecular weight excluding hydrogens is 284 g/mol. The summed E-state index contributed by atoms with van der Waals surface area (Å²) in [5.74, 6) is -0.0164. The van der Waals surface area contributed by atoms with Crippen LogP contribution in [0.15, 0.2) is 6.20 Å². The molecule has 0 aliphatic carbocycles. The van der Waals surface area contributed by atoms with E-state index in [9.17, 15) is 9.59 Å². The smallest absolute Gasteiger partial charge is 0.326 e. The molecule has 0 saturated heterocycles. The maximum absolute atomic E-state index is 12.5. The molecule has 0 radical (unpaired) electrons. The van der Waals surface area contributed by atoms with Crippen LogP contribution in [0.25, 0.3) is 0 Å². The van der Waals surface area contributed by atoms with Gasteiger partial charge in [0.15, 0.2) is 0 Å². The molecule has 0 aliphatic rings. The van der Waals surface area contributed by atoms with Gasteiger partial charge in [-0.15, -0.1) is 0 Å². The summed E-state index contributed by atoms with van der Waals surface area (Å²) in [6, 6.07) is 0. The molecule has 0 atom stereocenters. The molecule has 0 fully saturated rings. The first-order valence-electron chi connectivity index (χ1n) is 7.26. The van der Waals surface area contributed by atoms with E-state index in [1.807, 2.05) is 19.0 Å². The number of hydrogen-bond acceptors (Lipinski definition) is 5. The molecular formula is C15H26N4O3. The molecule has 0 unspecified atom stereocenters. The molecule has 1 rings (SSSR count). The Kier molecular flexibility index (Phi) is 6.11. The second kappa shape index (κ2) is 7.40. The first-order valence-corrected chi connectivity index (χ1v) is 7.26. The van der Waals surface area contributed by atoms with Crippen LogP contribution in [0, 0.1) is 6.92 Å². The van der Waals surface area contributed by atoms with E-state index in [1.165, 1.54) is 11.1 Å². The van der Waals surface area contributed by atoms with Gasteiger partial charge in [-0.05, 0) is 41.8 Å². The number of likely N-dealkylation sites (N-methyl/N-ethyl adjacent to an activating group) is 1. The van der Waals surface area contributed by atoms with E-state index in [0.717, 1.165) is 0 Å². The van der Waals surface area contributed by atoms with Crippen molar-refractivity contribution >= 4 is 11.9 Å². The maximum atomic E-state index is 12.5. The number of amides is 1. The van der Waals surface area contributed by atoms with Crippen molar-refractivity contribution in [3.05, 3.63) is 17.7 Å². The molecule has 0 spiro atoms. The fourth-order valence-corrected chi connectivity index (χ4v) is 1.80. The Bertz CT molecular complexity index is 517. The minimum atomic E-state index is -0.572. The van der Waals surface area contributed by atoms with Crippen LogP contribution in [-0.4, -0.2) is 71.0 Å². The lowest BCUT2D eigenvalue weighted by Crippen LogP contribution is -2.42. The lowest BCUT2D eigenvalue weighted by molar-refractivity contribution is -0.155. The Morgan fingerprint density at radius 2 is 1.91 bits per heavy atom. The van der Waals surface area contributed by atoms with Crippen LogP contribution in [0.1, 0.15) is 37.1 Å². The highest BCUT2D eigenvalue weighted by atomic mass is 16.6. The molecule has 7 heteroatoms. The average Bonchev–Trinajstić information content (AvgIpc) is 2.77. The molecule has 0 saturated carbocycles. The van der Waals surface area contributed by atoms with Gasteiger partial charge in [0.25, 0.3) is 5.91 Å². The zero-order chi connectivity index (χ0) is 16.9. The van der Waals surface area contributed by atoms with Crippen molar-refractivity contribution in [3.8, 4) is 0 Å². The van der Waals surface area contributed by atoms with Crippen LogP contribution in [0.2, 0.25) is 0 Å². The summed E-state index contributed by atoms with van der Waals surface area (Å²) in [6.07, 6.45) is 1.48. The molecule has 0 bridgehead atoms. The Morgan fingerprint density at radius 1 is 1.27 bits per heavy atom. The number of hydrogen-bond donors (Lipinski definition) is 1. The molecule has 22 heavy (non-hydrogen) atoms. The van der Waals surface area contributed by atoms with Crippen LogP contribution in [0.4, 0.5) is 0 Å². The van der Waals surface area contributed by atoms with Gasteiger partial charge in [-0.1, -0.05) is 0 Å². The topological polar surface area (TPSA) is 78.5 Å². The Morgan fingerprint density at radius 3 is 2.36 bits per heavy atom. The molecule has 0 aromatic carbocycles. The summed E-state index contributed by atoms with van der Waals surface area (Å²) in [4.78, 5) is 34.8. The lowest BCUT2D eigenvalue weighted by Gasteiger charge is -2.25. The second-order valence-electron chi connectivity index (χ2n) is 6.50. The molecule has 1 heterocycles. The van der Waals surface area contributed by atoms with E-state index in [4.69, 9.17) is 4.74 Å². The fourth-order valence-electron chi connectivity index (χ4n) is 1.80. The van der Waals surface area contributed by atoms with Gasteiger partial charge in [-0.3, -0.25) is 9.59 Å². The maximum Gasteiger partial charge on any atom is 0.326 e. The van der Waals surface area contributed by atoms with Crippen molar-refractivity contribution < 1.29 is 14.3 Å². The number of aryl methyl sites for hydroxylation is 1. The van der Waals surface area contributed by atoms with E-state index in [2.05, 4.69) is 9.97 Å². The summed E-state index contributed by atoms with van der Waals surface area (Å²) in [5.41, 5.74) is -0.197. The molecule has 1 aromatic heterocycles. The summed E-state index contributed by atoms with van der Waals surface area (Å²) in [5, 5.41) is 0. The number of nitrogens with zero attached hydrogens (tertiary/aromatic N) is 3. The highest BCUT2D eigenvalue weighted by Gasteiger charge is 2.24. The Labute approximate surface area is 131 Å². The van der Waals surface area contributed by atoms with E-state index in [0.29, 0.717) is 24.6 Å². The third kappa shape index (κ3) is 6.26. The lowest BCUT2D eigenvalue weighted by atomic mass is 10.2. The van der Waals surface area contributed by atoms with Crippen molar-refractivity contribution in [1.29, 1.82) is 0 Å². The second-order valence-corrected chi connectivity index (χ2v) is 6.50. The number of H-pyrrole nitrogens is 1. The first kappa shape index (κ1) is 18.2. The molecule has 0 aliphatic heterocycles. The van der Waals surface area contributed by atoms with Gasteiger partial charge in [0.05, 0.1) is 6.20 Å². The molecule has 1 aromatic rings. The van der Waals surface area contributed by atoms with Crippen LogP contribution < -0.4 is 0 Å². The summed E-state index contributed by atoms with van der Waals surface area (Å²) in [7, 11) is 3.83. The number of nitrogens with one attached hydrogen (secondary N) is 1. The van der Waals surface area contributed by atoms with Crippen molar-refractivity contribution in [3.63, 3.8) is 0 Å². The number of aromatic amines is 1. The van der Waals surface area contributed by atoms with Gasteiger partial charge in [0.2, 0.25) is 0 Å². The Balaban J connectivity index is 2.79. The zero-order valence-electron chi connectivity index (χ0n) is 14.3. The normalized spacial score (nSPS) is 11.6. The standard InChI is InChI=1S/C15H26N4O3/c1-11-16-9-12(17-11)14(21)19(8-7-18(5)6)10-13(20)22-15(2,3)4/h9H,7-8,10H2,1-6H3,(H,16,17). The summed E-state index contributed by atoms with van der Waals surface area (Å²) in [6.45, 7) is 8.18. The van der Waals surface area contributed by atoms with Crippen molar-refractivity contribution in [1.82, 2.24) is 19.8 Å².